The summed E-state index contributed by atoms with van der Waals surface area (Å²) >= 11 is 0. The molecule has 3 fully saturated rings. The molecule has 2 nitrogen and oxygen atoms in total. The molecule has 0 aromatic rings. The molecule has 3 saturated carbocycles. The van der Waals surface area contributed by atoms with E-state index in [2.05, 4.69) is 27.4 Å². The van der Waals surface area contributed by atoms with Crippen molar-refractivity contribution in [1.29, 1.82) is 0 Å². The van der Waals surface area contributed by atoms with Gasteiger partial charge in [-0.25, -0.2) is 0 Å². The summed E-state index contributed by atoms with van der Waals surface area (Å²) in [5.74, 6) is 2.14. The molecule has 0 aromatic carbocycles. The van der Waals surface area contributed by atoms with Crippen LogP contribution in [0.25, 0.3) is 0 Å². The summed E-state index contributed by atoms with van der Waals surface area (Å²) in [5, 5.41) is 20.5. The van der Waals surface area contributed by atoms with Gasteiger partial charge < -0.3 is 10.2 Å². The molecule has 3 aliphatic carbocycles. The molecule has 0 aromatic heterocycles. The number of hydrogen-bond acceptors (Lipinski definition) is 2. The smallest absolute Gasteiger partial charge is 0.0870 e. The van der Waals surface area contributed by atoms with E-state index in [0.717, 1.165) is 6.42 Å². The summed E-state index contributed by atoms with van der Waals surface area (Å²) in [6, 6.07) is 0. The molecule has 3 rings (SSSR count). The second-order valence-corrected chi connectivity index (χ2v) is 7.00. The van der Waals surface area contributed by atoms with Crippen LogP contribution in [0.5, 0.6) is 0 Å². The highest BCUT2D eigenvalue weighted by atomic mass is 16.3. The molecule has 2 heteroatoms. The second kappa shape index (κ2) is 3.36. The molecule has 96 valence electrons. The number of aliphatic hydroxyl groups excluding tert-OH is 2. The standard InChI is InChI=1S/C15H24O2/c1-7(2)9-5-6-15(4)8(3)10-11(9)12(15)14(17)13(10)16/h7,9-14,16-17H,3,5-6H2,1-2,4H3/t9-,10-,11-,12?,13-,14+,15+/m1/s1. The highest BCUT2D eigenvalue weighted by Gasteiger charge is 2.68. The van der Waals surface area contributed by atoms with E-state index in [4.69, 9.17) is 0 Å². The Bertz CT molecular complexity index is 362. The average molecular weight is 236 g/mol. The fourth-order valence-electron chi connectivity index (χ4n) is 5.24. The van der Waals surface area contributed by atoms with Crippen LogP contribution >= 0.6 is 0 Å². The molecule has 0 heterocycles. The number of hydrogen-bond donors (Lipinski definition) is 2. The summed E-state index contributed by atoms with van der Waals surface area (Å²) in [4.78, 5) is 0. The topological polar surface area (TPSA) is 40.5 Å². The van der Waals surface area contributed by atoms with Gasteiger partial charge in [-0.2, -0.15) is 0 Å². The van der Waals surface area contributed by atoms with Gasteiger partial charge >= 0.3 is 0 Å². The highest BCUT2D eigenvalue weighted by Crippen LogP contribution is 2.69. The lowest BCUT2D eigenvalue weighted by Gasteiger charge is -2.45. The fourth-order valence-corrected chi connectivity index (χ4v) is 5.24. The van der Waals surface area contributed by atoms with E-state index in [1.54, 1.807) is 0 Å². The molecule has 0 aliphatic heterocycles. The van der Waals surface area contributed by atoms with Gasteiger partial charge in [0.15, 0.2) is 0 Å². The van der Waals surface area contributed by atoms with Crippen LogP contribution in [0.2, 0.25) is 0 Å². The zero-order valence-electron chi connectivity index (χ0n) is 11.1. The molecule has 0 saturated heterocycles. The third-order valence-electron chi connectivity index (χ3n) is 6.13. The van der Waals surface area contributed by atoms with E-state index in [-0.39, 0.29) is 17.3 Å². The summed E-state index contributed by atoms with van der Waals surface area (Å²) < 4.78 is 0. The minimum atomic E-state index is -0.565. The van der Waals surface area contributed by atoms with Crippen molar-refractivity contribution in [1.82, 2.24) is 0 Å². The van der Waals surface area contributed by atoms with E-state index < -0.39 is 12.2 Å². The van der Waals surface area contributed by atoms with Gasteiger partial charge in [-0.05, 0) is 36.0 Å². The largest absolute Gasteiger partial charge is 0.390 e. The summed E-state index contributed by atoms with van der Waals surface area (Å²) in [7, 11) is 0. The van der Waals surface area contributed by atoms with Crippen LogP contribution in [0, 0.1) is 35.0 Å². The predicted octanol–water partition coefficient (Wildman–Crippen LogP) is 2.21. The maximum atomic E-state index is 10.3. The van der Waals surface area contributed by atoms with Gasteiger partial charge in [0.1, 0.15) is 0 Å². The Hall–Kier alpha value is -0.340. The quantitative estimate of drug-likeness (QED) is 0.685. The Morgan fingerprint density at radius 2 is 1.94 bits per heavy atom. The van der Waals surface area contributed by atoms with E-state index >= 15 is 0 Å². The minimum absolute atomic E-state index is 0.0827. The first kappa shape index (κ1) is 11.7. The summed E-state index contributed by atoms with van der Waals surface area (Å²) in [6.45, 7) is 11.0. The maximum Gasteiger partial charge on any atom is 0.0870 e. The Morgan fingerprint density at radius 1 is 1.29 bits per heavy atom. The molecule has 0 spiro atoms. The van der Waals surface area contributed by atoms with Gasteiger partial charge in [-0.1, -0.05) is 32.9 Å². The third-order valence-corrected chi connectivity index (χ3v) is 6.13. The highest BCUT2D eigenvalue weighted by molar-refractivity contribution is 5.33. The first-order valence-electron chi connectivity index (χ1n) is 6.95. The molecule has 2 N–H and O–H groups in total. The van der Waals surface area contributed by atoms with Gasteiger partial charge in [0.05, 0.1) is 12.2 Å². The van der Waals surface area contributed by atoms with Crippen LogP contribution in [-0.4, -0.2) is 22.4 Å². The molecular formula is C15H24O2. The SMILES string of the molecule is C=C1[C@H]2[C@@H](O)[C@@H](O)C3[C@@H]2[C@@H](C(C)C)CC[C@@]13C. The third kappa shape index (κ3) is 1.18. The van der Waals surface area contributed by atoms with Crippen LogP contribution in [0.1, 0.15) is 33.6 Å². The monoisotopic (exact) mass is 236 g/mol. The van der Waals surface area contributed by atoms with Gasteiger partial charge in [-0.3, -0.25) is 0 Å². The van der Waals surface area contributed by atoms with Crippen molar-refractivity contribution in [2.24, 2.45) is 35.0 Å². The van der Waals surface area contributed by atoms with Crippen molar-refractivity contribution in [3.63, 3.8) is 0 Å². The van der Waals surface area contributed by atoms with Gasteiger partial charge in [0, 0.05) is 11.8 Å². The molecule has 0 radical (unpaired) electrons. The van der Waals surface area contributed by atoms with Crippen molar-refractivity contribution in [2.45, 2.75) is 45.8 Å². The lowest BCUT2D eigenvalue weighted by molar-refractivity contribution is -0.0499. The van der Waals surface area contributed by atoms with Crippen molar-refractivity contribution < 1.29 is 10.2 Å². The van der Waals surface area contributed by atoms with Crippen molar-refractivity contribution >= 4 is 0 Å². The van der Waals surface area contributed by atoms with Crippen molar-refractivity contribution in [2.75, 3.05) is 0 Å². The van der Waals surface area contributed by atoms with E-state index in [1.165, 1.54) is 12.0 Å². The summed E-state index contributed by atoms with van der Waals surface area (Å²) in [6.07, 6.45) is 1.27. The lowest BCUT2D eigenvalue weighted by atomic mass is 9.61. The minimum Gasteiger partial charge on any atom is -0.390 e. The number of aliphatic hydroxyl groups is 2. The van der Waals surface area contributed by atoms with E-state index in [0.29, 0.717) is 17.8 Å². The van der Waals surface area contributed by atoms with E-state index in [1.807, 2.05) is 0 Å². The molecule has 17 heavy (non-hydrogen) atoms. The fraction of sp³-hybridized carbons (Fsp3) is 0.867. The first-order valence-corrected chi connectivity index (χ1v) is 6.95. The Labute approximate surface area is 104 Å². The van der Waals surface area contributed by atoms with Crippen LogP contribution < -0.4 is 0 Å². The summed E-state index contributed by atoms with van der Waals surface area (Å²) in [5.41, 5.74) is 1.30. The van der Waals surface area contributed by atoms with Gasteiger partial charge in [-0.15, -0.1) is 0 Å². The number of rotatable bonds is 1. The molecule has 1 unspecified atom stereocenters. The van der Waals surface area contributed by atoms with Crippen molar-refractivity contribution in [3.05, 3.63) is 12.2 Å². The first-order chi connectivity index (χ1) is 7.89. The zero-order chi connectivity index (χ0) is 12.5. The maximum absolute atomic E-state index is 10.3. The molecule has 0 amide bonds. The molecule has 4 bridgehead atoms. The molecule has 3 aliphatic rings. The van der Waals surface area contributed by atoms with Crippen LogP contribution in [0.4, 0.5) is 0 Å². The van der Waals surface area contributed by atoms with Crippen LogP contribution in [-0.2, 0) is 0 Å². The zero-order valence-corrected chi connectivity index (χ0v) is 11.1. The predicted molar refractivity (Wildman–Crippen MR) is 67.3 cm³/mol. The van der Waals surface area contributed by atoms with Crippen LogP contribution in [0.3, 0.4) is 0 Å². The average Bonchev–Trinajstić information content (AvgIpc) is 2.58. The van der Waals surface area contributed by atoms with Gasteiger partial charge in [0.25, 0.3) is 0 Å². The lowest BCUT2D eigenvalue weighted by Crippen LogP contribution is -2.45. The van der Waals surface area contributed by atoms with Crippen LogP contribution in [0.15, 0.2) is 12.2 Å². The van der Waals surface area contributed by atoms with Gasteiger partial charge in [0.2, 0.25) is 0 Å². The second-order valence-electron chi connectivity index (χ2n) is 7.00. The molecular weight excluding hydrogens is 212 g/mol. The Balaban J connectivity index is 2.06. The Kier molecular flexibility index (Phi) is 2.32. The normalized spacial score (nSPS) is 56.9. The molecule has 7 atom stereocenters. The van der Waals surface area contributed by atoms with E-state index in [9.17, 15) is 10.2 Å². The van der Waals surface area contributed by atoms with Crippen molar-refractivity contribution in [3.8, 4) is 0 Å². The Morgan fingerprint density at radius 3 is 2.53 bits per heavy atom.